The van der Waals surface area contributed by atoms with Crippen molar-refractivity contribution >= 4 is 17.4 Å². The summed E-state index contributed by atoms with van der Waals surface area (Å²) in [5.41, 5.74) is 2.80. The standard InChI is InChI=1S/C21H27N3O4/c1-26-18-10-11-24(14-18)17-7-5-16(6-8-17)23-21(25)22-13-15-4-9-19(27-2)20(12-15)28-3/h4-9,12,18H,10-11,13-14H2,1-3H3,(H2,22,23,25)/t18-/m0/s1. The van der Waals surface area contributed by atoms with Gasteiger partial charge < -0.3 is 29.7 Å². The zero-order valence-corrected chi connectivity index (χ0v) is 16.5. The van der Waals surface area contributed by atoms with Crippen LogP contribution in [0.15, 0.2) is 42.5 Å². The molecule has 7 nitrogen and oxygen atoms in total. The van der Waals surface area contributed by atoms with E-state index in [9.17, 15) is 4.79 Å². The van der Waals surface area contributed by atoms with Gasteiger partial charge in [-0.15, -0.1) is 0 Å². The molecule has 0 radical (unpaired) electrons. The smallest absolute Gasteiger partial charge is 0.319 e. The molecule has 1 atom stereocenters. The number of hydrogen-bond donors (Lipinski definition) is 2. The average Bonchev–Trinajstić information content (AvgIpc) is 3.22. The Kier molecular flexibility index (Phi) is 6.60. The molecule has 150 valence electrons. The van der Waals surface area contributed by atoms with Gasteiger partial charge in [0, 0.05) is 38.1 Å². The van der Waals surface area contributed by atoms with Crippen molar-refractivity contribution in [3.63, 3.8) is 0 Å². The molecule has 7 heteroatoms. The lowest BCUT2D eigenvalue weighted by Crippen LogP contribution is -2.28. The van der Waals surface area contributed by atoms with Crippen molar-refractivity contribution in [3.8, 4) is 11.5 Å². The quantitative estimate of drug-likeness (QED) is 0.766. The number of anilines is 2. The number of methoxy groups -OCH3 is 3. The van der Waals surface area contributed by atoms with Gasteiger partial charge >= 0.3 is 6.03 Å². The first kappa shape index (κ1) is 19.8. The predicted molar refractivity (Wildman–Crippen MR) is 109 cm³/mol. The van der Waals surface area contributed by atoms with Crippen LogP contribution in [0.25, 0.3) is 0 Å². The highest BCUT2D eigenvalue weighted by molar-refractivity contribution is 5.89. The number of carbonyl (C=O) groups excluding carboxylic acids is 1. The molecular formula is C21H27N3O4. The van der Waals surface area contributed by atoms with Crippen LogP contribution >= 0.6 is 0 Å². The second-order valence-electron chi connectivity index (χ2n) is 6.64. The number of hydrogen-bond acceptors (Lipinski definition) is 5. The Bertz CT molecular complexity index is 795. The summed E-state index contributed by atoms with van der Waals surface area (Å²) >= 11 is 0. The monoisotopic (exact) mass is 385 g/mol. The van der Waals surface area contributed by atoms with Gasteiger partial charge in [0.15, 0.2) is 11.5 Å². The molecule has 1 saturated heterocycles. The highest BCUT2D eigenvalue weighted by Crippen LogP contribution is 2.27. The largest absolute Gasteiger partial charge is 0.493 e. The molecule has 1 fully saturated rings. The van der Waals surface area contributed by atoms with E-state index >= 15 is 0 Å². The van der Waals surface area contributed by atoms with Crippen molar-refractivity contribution in [2.45, 2.75) is 19.1 Å². The van der Waals surface area contributed by atoms with Crippen LogP contribution in [-0.2, 0) is 11.3 Å². The maximum atomic E-state index is 12.2. The summed E-state index contributed by atoms with van der Waals surface area (Å²) in [7, 11) is 4.93. The molecule has 1 aliphatic rings. The van der Waals surface area contributed by atoms with Crippen LogP contribution in [0.1, 0.15) is 12.0 Å². The molecule has 0 bridgehead atoms. The number of carbonyl (C=O) groups is 1. The fraction of sp³-hybridized carbons (Fsp3) is 0.381. The van der Waals surface area contributed by atoms with Crippen LogP contribution in [0.4, 0.5) is 16.2 Å². The summed E-state index contributed by atoms with van der Waals surface area (Å²) in [6.07, 6.45) is 1.33. The van der Waals surface area contributed by atoms with Gasteiger partial charge in [-0.3, -0.25) is 0 Å². The second kappa shape index (κ2) is 9.32. The Morgan fingerprint density at radius 2 is 1.82 bits per heavy atom. The number of ether oxygens (including phenoxy) is 3. The third kappa shape index (κ3) is 4.86. The number of benzene rings is 2. The van der Waals surface area contributed by atoms with Crippen LogP contribution in [0.5, 0.6) is 11.5 Å². The van der Waals surface area contributed by atoms with Crippen LogP contribution < -0.4 is 25.0 Å². The van der Waals surface area contributed by atoms with Crippen molar-refractivity contribution in [3.05, 3.63) is 48.0 Å². The van der Waals surface area contributed by atoms with Crippen molar-refractivity contribution in [1.82, 2.24) is 5.32 Å². The van der Waals surface area contributed by atoms with Crippen LogP contribution in [0, 0.1) is 0 Å². The molecule has 0 aromatic heterocycles. The van der Waals surface area contributed by atoms with Crippen molar-refractivity contribution in [2.24, 2.45) is 0 Å². The molecule has 2 aromatic rings. The van der Waals surface area contributed by atoms with Crippen LogP contribution in [0.2, 0.25) is 0 Å². The number of nitrogens with one attached hydrogen (secondary N) is 2. The fourth-order valence-corrected chi connectivity index (χ4v) is 3.26. The van der Waals surface area contributed by atoms with Gasteiger partial charge in [0.1, 0.15) is 0 Å². The van der Waals surface area contributed by atoms with Gasteiger partial charge in [-0.2, -0.15) is 0 Å². The lowest BCUT2D eigenvalue weighted by Gasteiger charge is -2.18. The van der Waals surface area contributed by atoms with E-state index in [2.05, 4.69) is 15.5 Å². The molecule has 0 aliphatic carbocycles. The summed E-state index contributed by atoms with van der Waals surface area (Å²) in [5.74, 6) is 1.29. The zero-order chi connectivity index (χ0) is 19.9. The summed E-state index contributed by atoms with van der Waals surface area (Å²) < 4.78 is 15.9. The summed E-state index contributed by atoms with van der Waals surface area (Å²) in [5, 5.41) is 5.70. The van der Waals surface area contributed by atoms with Crippen molar-refractivity contribution < 1.29 is 19.0 Å². The lowest BCUT2D eigenvalue weighted by atomic mass is 10.2. The molecule has 1 aliphatic heterocycles. The van der Waals surface area contributed by atoms with E-state index in [1.807, 2.05) is 42.5 Å². The number of nitrogens with zero attached hydrogens (tertiary/aromatic N) is 1. The Labute approximate surface area is 165 Å². The first-order chi connectivity index (χ1) is 13.6. The van der Waals surface area contributed by atoms with Gasteiger partial charge in [-0.1, -0.05) is 6.07 Å². The average molecular weight is 385 g/mol. The maximum absolute atomic E-state index is 12.2. The van der Waals surface area contributed by atoms with Gasteiger partial charge in [0.05, 0.1) is 20.3 Å². The summed E-state index contributed by atoms with van der Waals surface area (Å²) in [6, 6.07) is 13.1. The Hall–Kier alpha value is -2.93. The molecule has 2 N–H and O–H groups in total. The third-order valence-corrected chi connectivity index (χ3v) is 4.87. The molecule has 0 spiro atoms. The van der Waals surface area contributed by atoms with E-state index in [1.165, 1.54) is 0 Å². The highest BCUT2D eigenvalue weighted by Gasteiger charge is 2.22. The van der Waals surface area contributed by atoms with Crippen LogP contribution in [0.3, 0.4) is 0 Å². The van der Waals surface area contributed by atoms with E-state index in [1.54, 1.807) is 21.3 Å². The minimum absolute atomic E-state index is 0.261. The Balaban J connectivity index is 1.51. The predicted octanol–water partition coefficient (Wildman–Crippen LogP) is 3.25. The summed E-state index contributed by atoms with van der Waals surface area (Å²) in [6.45, 7) is 2.27. The van der Waals surface area contributed by atoms with E-state index < -0.39 is 0 Å². The molecular weight excluding hydrogens is 358 g/mol. The molecule has 1 heterocycles. The van der Waals surface area contributed by atoms with E-state index in [0.717, 1.165) is 36.4 Å². The lowest BCUT2D eigenvalue weighted by molar-refractivity contribution is 0.121. The molecule has 28 heavy (non-hydrogen) atoms. The topological polar surface area (TPSA) is 72.1 Å². The number of amides is 2. The Morgan fingerprint density at radius 3 is 2.46 bits per heavy atom. The molecule has 0 saturated carbocycles. The first-order valence-corrected chi connectivity index (χ1v) is 9.26. The zero-order valence-electron chi connectivity index (χ0n) is 16.5. The second-order valence-corrected chi connectivity index (χ2v) is 6.64. The van der Waals surface area contributed by atoms with Gasteiger partial charge in [-0.25, -0.2) is 4.79 Å². The molecule has 2 amide bonds. The van der Waals surface area contributed by atoms with E-state index in [-0.39, 0.29) is 6.03 Å². The van der Waals surface area contributed by atoms with Crippen molar-refractivity contribution in [1.29, 1.82) is 0 Å². The minimum atomic E-state index is -0.261. The maximum Gasteiger partial charge on any atom is 0.319 e. The normalized spacial score (nSPS) is 16.0. The van der Waals surface area contributed by atoms with Gasteiger partial charge in [0.25, 0.3) is 0 Å². The van der Waals surface area contributed by atoms with E-state index in [0.29, 0.717) is 24.1 Å². The molecule has 0 unspecified atom stereocenters. The highest BCUT2D eigenvalue weighted by atomic mass is 16.5. The van der Waals surface area contributed by atoms with Gasteiger partial charge in [-0.05, 0) is 48.4 Å². The third-order valence-electron chi connectivity index (χ3n) is 4.87. The minimum Gasteiger partial charge on any atom is -0.493 e. The number of rotatable bonds is 7. The molecule has 2 aromatic carbocycles. The summed E-state index contributed by atoms with van der Waals surface area (Å²) in [4.78, 5) is 14.5. The molecule has 3 rings (SSSR count). The SMILES string of the molecule is COc1ccc(CNC(=O)Nc2ccc(N3CC[C@H](OC)C3)cc2)cc1OC. The first-order valence-electron chi connectivity index (χ1n) is 9.26. The van der Waals surface area contributed by atoms with E-state index in [4.69, 9.17) is 14.2 Å². The number of urea groups is 1. The fourth-order valence-electron chi connectivity index (χ4n) is 3.26. The van der Waals surface area contributed by atoms with Gasteiger partial charge in [0.2, 0.25) is 0 Å². The van der Waals surface area contributed by atoms with Crippen molar-refractivity contribution in [2.75, 3.05) is 44.6 Å². The van der Waals surface area contributed by atoms with Crippen LogP contribution in [-0.4, -0.2) is 46.6 Å². The Morgan fingerprint density at radius 1 is 1.07 bits per heavy atom.